The lowest BCUT2D eigenvalue weighted by atomic mass is 10.2. The molecule has 2 rings (SSSR count). The Morgan fingerprint density at radius 3 is 2.64 bits per heavy atom. The van der Waals surface area contributed by atoms with Crippen LogP contribution in [0.3, 0.4) is 0 Å². The average Bonchev–Trinajstić information content (AvgIpc) is 2.90. The van der Waals surface area contributed by atoms with Crippen LogP contribution in [0.25, 0.3) is 5.57 Å². The molecule has 0 bridgehead atoms. The molecule has 0 saturated heterocycles. The number of carbonyl (C=O) groups excluding carboxylic acids is 1. The lowest BCUT2D eigenvalue weighted by Crippen LogP contribution is -2.34. The molecule has 0 fully saturated rings. The highest BCUT2D eigenvalue weighted by molar-refractivity contribution is 8.01. The minimum absolute atomic E-state index is 0.242. The molecule has 0 aliphatic heterocycles. The topological polar surface area (TPSA) is 70.7 Å². The minimum atomic E-state index is -0.928. The molecule has 1 heterocycles. The largest absolute Gasteiger partial charge is 0.310 e. The maximum atomic E-state index is 14.1. The molecule has 0 aliphatic carbocycles. The molecule has 0 aliphatic rings. The Morgan fingerprint density at radius 1 is 1.44 bits per heavy atom. The Balaban J connectivity index is 2.17. The summed E-state index contributed by atoms with van der Waals surface area (Å²) in [7, 11) is 1.72. The zero-order chi connectivity index (χ0) is 18.8. The van der Waals surface area contributed by atoms with Crippen molar-refractivity contribution in [2.45, 2.75) is 30.4 Å². The van der Waals surface area contributed by atoms with E-state index in [1.165, 1.54) is 12.1 Å². The molecule has 7 heteroatoms. The quantitative estimate of drug-likeness (QED) is 0.821. The van der Waals surface area contributed by atoms with Gasteiger partial charge in [-0.2, -0.15) is 10.4 Å². The van der Waals surface area contributed by atoms with E-state index < -0.39 is 10.6 Å². The highest BCUT2D eigenvalue weighted by Crippen LogP contribution is 2.35. The van der Waals surface area contributed by atoms with Crippen LogP contribution in [0.2, 0.25) is 0 Å². The van der Waals surface area contributed by atoms with Crippen LogP contribution < -0.4 is 5.32 Å². The monoisotopic (exact) mass is 358 g/mol. The second kappa shape index (κ2) is 7.11. The molecule has 2 aromatic rings. The first kappa shape index (κ1) is 18.7. The molecule has 0 saturated carbocycles. The summed E-state index contributed by atoms with van der Waals surface area (Å²) in [4.78, 5) is 12.9. The van der Waals surface area contributed by atoms with E-state index in [2.05, 4.69) is 17.0 Å². The summed E-state index contributed by atoms with van der Waals surface area (Å²) in [6.45, 7) is 9.08. The van der Waals surface area contributed by atoms with Gasteiger partial charge >= 0.3 is 0 Å². The fourth-order valence-corrected chi connectivity index (χ4v) is 3.02. The van der Waals surface area contributed by atoms with Gasteiger partial charge in [-0.05, 0) is 44.5 Å². The fraction of sp³-hybridized carbons (Fsp3) is 0.278. The van der Waals surface area contributed by atoms with Crippen molar-refractivity contribution in [3.8, 4) is 6.07 Å². The molecule has 0 atom stereocenters. The molecule has 5 nitrogen and oxygen atoms in total. The van der Waals surface area contributed by atoms with E-state index in [4.69, 9.17) is 5.26 Å². The SMILES string of the molecule is C=C(C)c1cc(NC(=O)C(C)(C)Sc2ccc(C#N)cc2F)n(C)n1. The summed E-state index contributed by atoms with van der Waals surface area (Å²) >= 11 is 1.09. The van der Waals surface area contributed by atoms with Gasteiger partial charge in [0.15, 0.2) is 0 Å². The first-order valence-electron chi connectivity index (χ1n) is 7.54. The van der Waals surface area contributed by atoms with E-state index in [9.17, 15) is 9.18 Å². The maximum absolute atomic E-state index is 14.1. The number of amides is 1. The summed E-state index contributed by atoms with van der Waals surface area (Å²) in [5, 5.41) is 15.9. The van der Waals surface area contributed by atoms with Crippen LogP contribution in [0.4, 0.5) is 10.2 Å². The third-order valence-corrected chi connectivity index (χ3v) is 4.78. The lowest BCUT2D eigenvalue weighted by Gasteiger charge is -2.23. The normalized spacial score (nSPS) is 11.0. The van der Waals surface area contributed by atoms with Gasteiger partial charge in [0.25, 0.3) is 0 Å². The second-order valence-electron chi connectivity index (χ2n) is 6.14. The lowest BCUT2D eigenvalue weighted by molar-refractivity contribution is -0.117. The van der Waals surface area contributed by atoms with Crippen LogP contribution in [0.15, 0.2) is 35.7 Å². The fourth-order valence-electron chi connectivity index (χ4n) is 2.03. The summed E-state index contributed by atoms with van der Waals surface area (Å²) in [6.07, 6.45) is 0. The Hall–Kier alpha value is -2.59. The average molecular weight is 358 g/mol. The highest BCUT2D eigenvalue weighted by atomic mass is 32.2. The Morgan fingerprint density at radius 2 is 2.12 bits per heavy atom. The summed E-state index contributed by atoms with van der Waals surface area (Å²) in [5.41, 5.74) is 1.73. The van der Waals surface area contributed by atoms with Crippen LogP contribution >= 0.6 is 11.8 Å². The van der Waals surface area contributed by atoms with Gasteiger partial charge in [0.05, 0.1) is 22.1 Å². The Bertz CT molecular complexity index is 880. The van der Waals surface area contributed by atoms with Crippen molar-refractivity contribution < 1.29 is 9.18 Å². The number of aromatic nitrogens is 2. The number of carbonyl (C=O) groups is 1. The van der Waals surface area contributed by atoms with Gasteiger partial charge in [-0.25, -0.2) is 4.39 Å². The molecular weight excluding hydrogens is 339 g/mol. The third kappa shape index (κ3) is 4.28. The number of nitriles is 1. The number of hydrogen-bond acceptors (Lipinski definition) is 4. The number of nitrogens with zero attached hydrogens (tertiary/aromatic N) is 3. The van der Waals surface area contributed by atoms with Crippen molar-refractivity contribution in [1.82, 2.24) is 9.78 Å². The van der Waals surface area contributed by atoms with Gasteiger partial charge in [-0.1, -0.05) is 6.58 Å². The molecule has 1 aromatic heterocycles. The van der Waals surface area contributed by atoms with Gasteiger partial charge in [0, 0.05) is 18.0 Å². The van der Waals surface area contributed by atoms with Crippen molar-refractivity contribution in [1.29, 1.82) is 5.26 Å². The molecule has 1 amide bonds. The van der Waals surface area contributed by atoms with Crippen LogP contribution in [-0.2, 0) is 11.8 Å². The molecule has 0 unspecified atom stereocenters. The molecule has 0 radical (unpaired) electrons. The first-order valence-corrected chi connectivity index (χ1v) is 8.35. The molecule has 25 heavy (non-hydrogen) atoms. The van der Waals surface area contributed by atoms with E-state index in [0.29, 0.717) is 16.4 Å². The zero-order valence-corrected chi connectivity index (χ0v) is 15.4. The maximum Gasteiger partial charge on any atom is 0.241 e. The third-order valence-electron chi connectivity index (χ3n) is 3.53. The second-order valence-corrected chi connectivity index (χ2v) is 7.81. The van der Waals surface area contributed by atoms with Crippen molar-refractivity contribution in [3.63, 3.8) is 0 Å². The van der Waals surface area contributed by atoms with Crippen LogP contribution in [0.5, 0.6) is 0 Å². The van der Waals surface area contributed by atoms with E-state index in [1.54, 1.807) is 31.6 Å². The van der Waals surface area contributed by atoms with E-state index in [-0.39, 0.29) is 11.5 Å². The Kier molecular flexibility index (Phi) is 5.33. The van der Waals surface area contributed by atoms with Crippen molar-refractivity contribution in [3.05, 3.63) is 47.9 Å². The smallest absolute Gasteiger partial charge is 0.241 e. The molecule has 1 aromatic carbocycles. The van der Waals surface area contributed by atoms with Crippen LogP contribution in [0, 0.1) is 17.1 Å². The predicted molar refractivity (Wildman–Crippen MR) is 97.6 cm³/mol. The van der Waals surface area contributed by atoms with Crippen molar-refractivity contribution in [2.24, 2.45) is 7.05 Å². The van der Waals surface area contributed by atoms with E-state index in [0.717, 1.165) is 23.4 Å². The van der Waals surface area contributed by atoms with Crippen LogP contribution in [0.1, 0.15) is 32.0 Å². The van der Waals surface area contributed by atoms with Gasteiger partial charge in [-0.3, -0.25) is 9.48 Å². The first-order chi connectivity index (χ1) is 11.6. The summed E-state index contributed by atoms with van der Waals surface area (Å²) in [5.74, 6) is -0.260. The number of thioether (sulfide) groups is 1. The molecule has 0 spiro atoms. The number of benzene rings is 1. The molecular formula is C18H19FN4OS. The minimum Gasteiger partial charge on any atom is -0.310 e. The van der Waals surface area contributed by atoms with Crippen molar-refractivity contribution in [2.75, 3.05) is 5.32 Å². The van der Waals surface area contributed by atoms with Gasteiger partial charge < -0.3 is 5.32 Å². The molecule has 130 valence electrons. The summed E-state index contributed by atoms with van der Waals surface area (Å²) < 4.78 is 14.7. The van der Waals surface area contributed by atoms with Gasteiger partial charge in [0.2, 0.25) is 5.91 Å². The van der Waals surface area contributed by atoms with Crippen LogP contribution in [-0.4, -0.2) is 20.4 Å². The predicted octanol–water partition coefficient (Wildman–Crippen LogP) is 3.97. The van der Waals surface area contributed by atoms with Crippen molar-refractivity contribution >= 4 is 29.1 Å². The number of allylic oxidation sites excluding steroid dienone is 1. The molecule has 1 N–H and O–H groups in total. The number of hydrogen-bond donors (Lipinski definition) is 1. The number of aryl methyl sites for hydroxylation is 1. The van der Waals surface area contributed by atoms with E-state index >= 15 is 0 Å². The van der Waals surface area contributed by atoms with Gasteiger partial charge in [-0.15, -0.1) is 11.8 Å². The van der Waals surface area contributed by atoms with Gasteiger partial charge in [0.1, 0.15) is 11.6 Å². The summed E-state index contributed by atoms with van der Waals surface area (Å²) in [6, 6.07) is 7.83. The zero-order valence-electron chi connectivity index (χ0n) is 14.6. The number of halogens is 1. The number of anilines is 1. The highest BCUT2D eigenvalue weighted by Gasteiger charge is 2.31. The Labute approximate surface area is 150 Å². The number of rotatable bonds is 5. The van der Waals surface area contributed by atoms with E-state index in [1.807, 2.05) is 13.0 Å². The number of nitrogens with one attached hydrogen (secondary N) is 1. The standard InChI is InChI=1S/C18H19FN4OS/c1-11(2)14-9-16(23(5)22-14)21-17(24)18(3,4)25-15-7-6-12(10-20)8-13(15)19/h6-9H,1H2,2-5H3,(H,21,24).